The van der Waals surface area contributed by atoms with Crippen molar-refractivity contribution in [2.75, 3.05) is 5.73 Å². The van der Waals surface area contributed by atoms with Crippen LogP contribution in [0.15, 0.2) is 48.5 Å². The minimum atomic E-state index is 0.565. The van der Waals surface area contributed by atoms with Gasteiger partial charge in [-0.2, -0.15) is 0 Å². The Hall–Kier alpha value is -2.00. The Morgan fingerprint density at radius 1 is 1.00 bits per heavy atom. The zero-order valence-corrected chi connectivity index (χ0v) is 9.72. The van der Waals surface area contributed by atoms with E-state index >= 15 is 0 Å². The number of nitrogens with zero attached hydrogens (tertiary/aromatic N) is 2. The first-order valence-corrected chi connectivity index (χ1v) is 5.63. The molecule has 3 rings (SSSR count). The zero-order valence-electron chi connectivity index (χ0n) is 8.97. The van der Waals surface area contributed by atoms with Gasteiger partial charge in [0.25, 0.3) is 0 Å². The lowest BCUT2D eigenvalue weighted by molar-refractivity contribution is 1.20. The molecule has 1 aromatic carbocycles. The highest BCUT2D eigenvalue weighted by molar-refractivity contribution is 6.30. The third-order valence-electron chi connectivity index (χ3n) is 2.68. The van der Waals surface area contributed by atoms with Crippen molar-refractivity contribution in [2.24, 2.45) is 0 Å². The van der Waals surface area contributed by atoms with Crippen LogP contribution in [-0.4, -0.2) is 9.38 Å². The number of halogens is 1. The molecule has 0 aliphatic rings. The summed E-state index contributed by atoms with van der Waals surface area (Å²) in [6.07, 6.45) is 0. The second kappa shape index (κ2) is 3.79. The van der Waals surface area contributed by atoms with Gasteiger partial charge in [-0.15, -0.1) is 0 Å². The van der Waals surface area contributed by atoms with Crippen molar-refractivity contribution in [1.82, 2.24) is 9.38 Å². The molecule has 0 unspecified atom stereocenters. The number of pyridine rings is 1. The molecule has 0 aliphatic carbocycles. The SMILES string of the molecule is Nc1c(-c2ccccc2)nc2cccc(Cl)n12. The largest absolute Gasteiger partial charge is 0.383 e. The van der Waals surface area contributed by atoms with E-state index in [1.165, 1.54) is 0 Å². The molecular formula is C13H10ClN3. The standard InChI is InChI=1S/C13H10ClN3/c14-10-7-4-8-11-16-12(13(15)17(10)11)9-5-2-1-3-6-9/h1-8H,15H2. The van der Waals surface area contributed by atoms with Crippen molar-refractivity contribution in [3.05, 3.63) is 53.7 Å². The lowest BCUT2D eigenvalue weighted by atomic mass is 10.1. The number of hydrogen-bond donors (Lipinski definition) is 1. The van der Waals surface area contributed by atoms with Gasteiger partial charge in [-0.25, -0.2) is 4.98 Å². The van der Waals surface area contributed by atoms with Gasteiger partial charge in [0.2, 0.25) is 0 Å². The fourth-order valence-corrected chi connectivity index (χ4v) is 2.13. The van der Waals surface area contributed by atoms with Crippen molar-refractivity contribution in [1.29, 1.82) is 0 Å². The van der Waals surface area contributed by atoms with Crippen LogP contribution in [0.1, 0.15) is 0 Å². The molecule has 0 aliphatic heterocycles. The van der Waals surface area contributed by atoms with Crippen molar-refractivity contribution in [3.8, 4) is 11.3 Å². The van der Waals surface area contributed by atoms with Gasteiger partial charge in [0.05, 0.1) is 0 Å². The average Bonchev–Trinajstić information content (AvgIpc) is 2.69. The lowest BCUT2D eigenvalue weighted by Crippen LogP contribution is -1.95. The van der Waals surface area contributed by atoms with Crippen molar-refractivity contribution in [3.63, 3.8) is 0 Å². The summed E-state index contributed by atoms with van der Waals surface area (Å²) in [4.78, 5) is 4.50. The molecule has 2 aromatic heterocycles. The van der Waals surface area contributed by atoms with E-state index in [9.17, 15) is 0 Å². The van der Waals surface area contributed by atoms with Gasteiger partial charge in [-0.3, -0.25) is 4.40 Å². The predicted molar refractivity (Wildman–Crippen MR) is 70.1 cm³/mol. The topological polar surface area (TPSA) is 43.3 Å². The molecule has 0 atom stereocenters. The number of benzene rings is 1. The van der Waals surface area contributed by atoms with Crippen LogP contribution in [0.3, 0.4) is 0 Å². The summed E-state index contributed by atoms with van der Waals surface area (Å²) in [6.45, 7) is 0. The summed E-state index contributed by atoms with van der Waals surface area (Å²) in [6, 6.07) is 15.4. The molecule has 3 aromatic rings. The molecule has 2 heterocycles. The maximum atomic E-state index is 6.11. The van der Waals surface area contributed by atoms with Crippen LogP contribution in [0, 0.1) is 0 Å². The second-order valence-corrected chi connectivity index (χ2v) is 4.14. The molecule has 84 valence electrons. The first-order chi connectivity index (χ1) is 8.27. The number of aromatic nitrogens is 2. The summed E-state index contributed by atoms with van der Waals surface area (Å²) < 4.78 is 1.74. The van der Waals surface area contributed by atoms with Crippen LogP contribution in [0.2, 0.25) is 5.15 Å². The number of rotatable bonds is 1. The molecule has 0 radical (unpaired) electrons. The van der Waals surface area contributed by atoms with Gasteiger partial charge in [0.15, 0.2) is 0 Å². The van der Waals surface area contributed by atoms with Crippen LogP contribution < -0.4 is 5.73 Å². The predicted octanol–water partition coefficient (Wildman–Crippen LogP) is 3.24. The van der Waals surface area contributed by atoms with E-state index in [-0.39, 0.29) is 0 Å². The monoisotopic (exact) mass is 243 g/mol. The van der Waals surface area contributed by atoms with Crippen molar-refractivity contribution >= 4 is 23.1 Å². The molecule has 0 bridgehead atoms. The van der Waals surface area contributed by atoms with E-state index in [1.54, 1.807) is 10.5 Å². The average molecular weight is 244 g/mol. The Balaban J connectivity index is 2.33. The fourth-order valence-electron chi connectivity index (χ4n) is 1.88. The third kappa shape index (κ3) is 1.56. The lowest BCUT2D eigenvalue weighted by Gasteiger charge is -2.00. The van der Waals surface area contributed by atoms with Gasteiger partial charge >= 0.3 is 0 Å². The Morgan fingerprint density at radius 2 is 1.76 bits per heavy atom. The second-order valence-electron chi connectivity index (χ2n) is 3.75. The maximum absolute atomic E-state index is 6.11. The minimum Gasteiger partial charge on any atom is -0.383 e. The van der Waals surface area contributed by atoms with Gasteiger partial charge in [0.1, 0.15) is 22.3 Å². The van der Waals surface area contributed by atoms with Crippen molar-refractivity contribution in [2.45, 2.75) is 0 Å². The van der Waals surface area contributed by atoms with E-state index in [4.69, 9.17) is 17.3 Å². The highest BCUT2D eigenvalue weighted by Crippen LogP contribution is 2.28. The van der Waals surface area contributed by atoms with Crippen LogP contribution >= 0.6 is 11.6 Å². The first-order valence-electron chi connectivity index (χ1n) is 5.25. The first kappa shape index (κ1) is 10.2. The molecule has 4 heteroatoms. The van der Waals surface area contributed by atoms with Crippen LogP contribution in [0.4, 0.5) is 5.82 Å². The maximum Gasteiger partial charge on any atom is 0.140 e. The molecule has 17 heavy (non-hydrogen) atoms. The van der Waals surface area contributed by atoms with Crippen LogP contribution in [0.25, 0.3) is 16.9 Å². The highest BCUT2D eigenvalue weighted by atomic mass is 35.5. The summed E-state index contributed by atoms with van der Waals surface area (Å²) in [5.41, 5.74) is 8.60. The Morgan fingerprint density at radius 3 is 2.47 bits per heavy atom. The number of hydrogen-bond acceptors (Lipinski definition) is 2. The third-order valence-corrected chi connectivity index (χ3v) is 2.97. The van der Waals surface area contributed by atoms with E-state index < -0.39 is 0 Å². The van der Waals surface area contributed by atoms with Crippen molar-refractivity contribution < 1.29 is 0 Å². The molecule has 3 nitrogen and oxygen atoms in total. The van der Waals surface area contributed by atoms with E-state index in [1.807, 2.05) is 42.5 Å². The smallest absolute Gasteiger partial charge is 0.140 e. The molecule has 0 amide bonds. The van der Waals surface area contributed by atoms with Crippen LogP contribution in [-0.2, 0) is 0 Å². The Bertz CT molecular complexity index is 674. The summed E-state index contributed by atoms with van der Waals surface area (Å²) in [7, 11) is 0. The van der Waals surface area contributed by atoms with Gasteiger partial charge in [-0.1, -0.05) is 48.0 Å². The molecule has 0 spiro atoms. The number of anilines is 1. The molecule has 2 N–H and O–H groups in total. The van der Waals surface area contributed by atoms with Gasteiger partial charge in [-0.05, 0) is 12.1 Å². The molecule has 0 fully saturated rings. The number of fused-ring (bicyclic) bond motifs is 1. The summed E-state index contributed by atoms with van der Waals surface area (Å²) in [5.74, 6) is 0.566. The number of imidazole rings is 1. The zero-order chi connectivity index (χ0) is 11.8. The highest BCUT2D eigenvalue weighted by Gasteiger charge is 2.12. The fraction of sp³-hybridized carbons (Fsp3) is 0. The molecular weight excluding hydrogens is 234 g/mol. The quantitative estimate of drug-likeness (QED) is 0.667. The van der Waals surface area contributed by atoms with Gasteiger partial charge in [0, 0.05) is 5.56 Å². The Kier molecular flexibility index (Phi) is 2.27. The summed E-state index contributed by atoms with van der Waals surface area (Å²) in [5, 5.41) is 0.565. The normalized spacial score (nSPS) is 10.9. The number of nitrogens with two attached hydrogens (primary N) is 1. The van der Waals surface area contributed by atoms with E-state index in [0.717, 1.165) is 16.9 Å². The minimum absolute atomic E-state index is 0.565. The van der Waals surface area contributed by atoms with Gasteiger partial charge < -0.3 is 5.73 Å². The van der Waals surface area contributed by atoms with E-state index in [0.29, 0.717) is 11.0 Å². The molecule has 0 saturated carbocycles. The van der Waals surface area contributed by atoms with E-state index in [2.05, 4.69) is 4.98 Å². The molecule has 0 saturated heterocycles. The Labute approximate surface area is 103 Å². The summed E-state index contributed by atoms with van der Waals surface area (Å²) >= 11 is 6.11. The number of nitrogen functional groups attached to an aromatic ring is 1. The van der Waals surface area contributed by atoms with Crippen LogP contribution in [0.5, 0.6) is 0 Å².